The molecule has 1 aliphatic carbocycles. The predicted molar refractivity (Wildman–Crippen MR) is 68.8 cm³/mol. The predicted octanol–water partition coefficient (Wildman–Crippen LogP) is 1.93. The van der Waals surface area contributed by atoms with Gasteiger partial charge < -0.3 is 14.2 Å². The van der Waals surface area contributed by atoms with Crippen molar-refractivity contribution in [2.24, 2.45) is 5.92 Å². The maximum atomic E-state index is 11.7. The fraction of sp³-hybridized carbons (Fsp3) is 0.462. The molecule has 0 amide bonds. The van der Waals surface area contributed by atoms with E-state index in [-0.39, 0.29) is 17.4 Å². The summed E-state index contributed by atoms with van der Waals surface area (Å²) in [5, 5.41) is 10.7. The molecule has 0 bridgehead atoms. The second-order valence-corrected chi connectivity index (χ2v) is 4.49. The van der Waals surface area contributed by atoms with Gasteiger partial charge in [-0.05, 0) is 18.9 Å². The molecule has 2 rings (SSSR count). The summed E-state index contributed by atoms with van der Waals surface area (Å²) < 4.78 is 15.4. The third kappa shape index (κ3) is 2.98. The summed E-state index contributed by atoms with van der Waals surface area (Å²) in [5.41, 5.74) is -0.102. The number of nitro benzene ring substituents is 1. The first-order valence-corrected chi connectivity index (χ1v) is 6.13. The standard InChI is InChI=1S/C13H15NO6/c1-18-11-7-9(14(16)17)5-6-10(11)20-12(8-3-4-8)13(15)19-2/h5-8,12H,3-4H2,1-2H3. The number of hydrogen-bond acceptors (Lipinski definition) is 6. The highest BCUT2D eigenvalue weighted by atomic mass is 16.6. The Morgan fingerprint density at radius 2 is 2.05 bits per heavy atom. The van der Waals surface area contributed by atoms with Crippen LogP contribution in [-0.4, -0.2) is 31.2 Å². The fourth-order valence-electron chi connectivity index (χ4n) is 1.86. The Labute approximate surface area is 115 Å². The van der Waals surface area contributed by atoms with Crippen molar-refractivity contribution < 1.29 is 23.9 Å². The molecule has 0 aliphatic heterocycles. The van der Waals surface area contributed by atoms with E-state index in [0.717, 1.165) is 12.8 Å². The highest BCUT2D eigenvalue weighted by Gasteiger charge is 2.39. The van der Waals surface area contributed by atoms with Crippen LogP contribution in [0.2, 0.25) is 0 Å². The zero-order valence-electron chi connectivity index (χ0n) is 11.2. The smallest absolute Gasteiger partial charge is 0.347 e. The third-order valence-electron chi connectivity index (χ3n) is 3.10. The van der Waals surface area contributed by atoms with E-state index in [2.05, 4.69) is 0 Å². The molecule has 0 N–H and O–H groups in total. The first-order valence-electron chi connectivity index (χ1n) is 6.13. The lowest BCUT2D eigenvalue weighted by atomic mass is 10.2. The number of ether oxygens (including phenoxy) is 3. The van der Waals surface area contributed by atoms with Crippen LogP contribution in [-0.2, 0) is 9.53 Å². The van der Waals surface area contributed by atoms with E-state index in [9.17, 15) is 14.9 Å². The van der Waals surface area contributed by atoms with Gasteiger partial charge in [0.25, 0.3) is 5.69 Å². The van der Waals surface area contributed by atoms with Crippen molar-refractivity contribution in [3.8, 4) is 11.5 Å². The monoisotopic (exact) mass is 281 g/mol. The minimum Gasteiger partial charge on any atom is -0.493 e. The molecule has 0 spiro atoms. The average molecular weight is 281 g/mol. The van der Waals surface area contributed by atoms with Crippen molar-refractivity contribution in [1.82, 2.24) is 0 Å². The van der Waals surface area contributed by atoms with Crippen molar-refractivity contribution in [1.29, 1.82) is 0 Å². The summed E-state index contributed by atoms with van der Waals surface area (Å²) in [7, 11) is 2.68. The molecule has 1 aliphatic rings. The van der Waals surface area contributed by atoms with Crippen LogP contribution >= 0.6 is 0 Å². The van der Waals surface area contributed by atoms with Crippen molar-refractivity contribution in [3.05, 3.63) is 28.3 Å². The zero-order chi connectivity index (χ0) is 14.7. The normalized spacial score (nSPS) is 15.3. The van der Waals surface area contributed by atoms with E-state index >= 15 is 0 Å². The van der Waals surface area contributed by atoms with Crippen LogP contribution in [0.15, 0.2) is 18.2 Å². The SMILES string of the molecule is COC(=O)C(Oc1ccc([N+](=O)[O-])cc1OC)C1CC1. The second kappa shape index (κ2) is 5.77. The molecule has 0 saturated heterocycles. The molecule has 7 heteroatoms. The van der Waals surface area contributed by atoms with E-state index in [1.54, 1.807) is 0 Å². The lowest BCUT2D eigenvalue weighted by Crippen LogP contribution is -2.30. The summed E-state index contributed by atoms with van der Waals surface area (Å²) in [6.45, 7) is 0. The molecule has 1 aromatic carbocycles. The molecule has 108 valence electrons. The van der Waals surface area contributed by atoms with Crippen molar-refractivity contribution in [3.63, 3.8) is 0 Å². The molecule has 20 heavy (non-hydrogen) atoms. The molecule has 0 heterocycles. The van der Waals surface area contributed by atoms with Crippen LogP contribution in [0.4, 0.5) is 5.69 Å². The fourth-order valence-corrected chi connectivity index (χ4v) is 1.86. The second-order valence-electron chi connectivity index (χ2n) is 4.49. The van der Waals surface area contributed by atoms with Crippen molar-refractivity contribution in [2.45, 2.75) is 18.9 Å². The van der Waals surface area contributed by atoms with E-state index in [0.29, 0.717) is 5.75 Å². The first kappa shape index (κ1) is 14.1. The van der Waals surface area contributed by atoms with Crippen molar-refractivity contribution >= 4 is 11.7 Å². The lowest BCUT2D eigenvalue weighted by molar-refractivity contribution is -0.385. The molecule has 1 atom stereocenters. The number of methoxy groups -OCH3 is 2. The summed E-state index contributed by atoms with van der Waals surface area (Å²) in [4.78, 5) is 21.9. The van der Waals surface area contributed by atoms with Gasteiger partial charge in [-0.25, -0.2) is 4.79 Å². The molecule has 1 fully saturated rings. The zero-order valence-corrected chi connectivity index (χ0v) is 11.2. The molecule has 1 aromatic rings. The summed E-state index contributed by atoms with van der Waals surface area (Å²) in [6, 6.07) is 3.99. The van der Waals surface area contributed by atoms with Crippen molar-refractivity contribution in [2.75, 3.05) is 14.2 Å². The molecule has 0 aromatic heterocycles. The first-order chi connectivity index (χ1) is 9.56. The van der Waals surface area contributed by atoms with E-state index in [1.165, 1.54) is 32.4 Å². The number of benzene rings is 1. The van der Waals surface area contributed by atoms with E-state index in [4.69, 9.17) is 14.2 Å². The highest BCUT2D eigenvalue weighted by Crippen LogP contribution is 2.38. The molecular weight excluding hydrogens is 266 g/mol. The number of nitro groups is 1. The maximum Gasteiger partial charge on any atom is 0.347 e. The largest absolute Gasteiger partial charge is 0.493 e. The summed E-state index contributed by atoms with van der Waals surface area (Å²) in [5.74, 6) is 0.185. The minimum absolute atomic E-state index is 0.102. The Bertz CT molecular complexity index is 526. The van der Waals surface area contributed by atoms with Gasteiger partial charge in [0.15, 0.2) is 17.6 Å². The van der Waals surface area contributed by atoms with Gasteiger partial charge in [0.05, 0.1) is 25.2 Å². The molecule has 7 nitrogen and oxygen atoms in total. The van der Waals surface area contributed by atoms with Gasteiger partial charge in [0.1, 0.15) is 0 Å². The van der Waals surface area contributed by atoms with Crippen LogP contribution in [0.5, 0.6) is 11.5 Å². The Morgan fingerprint density at radius 1 is 1.35 bits per heavy atom. The van der Waals surface area contributed by atoms with Gasteiger partial charge in [-0.15, -0.1) is 0 Å². The summed E-state index contributed by atoms with van der Waals surface area (Å²) in [6.07, 6.45) is 1.10. The third-order valence-corrected chi connectivity index (χ3v) is 3.10. The number of carbonyl (C=O) groups is 1. The Balaban J connectivity index is 2.23. The van der Waals surface area contributed by atoms with E-state index < -0.39 is 17.0 Å². The molecule has 1 saturated carbocycles. The summed E-state index contributed by atoms with van der Waals surface area (Å²) >= 11 is 0. The van der Waals surface area contributed by atoms with Gasteiger partial charge in [-0.3, -0.25) is 10.1 Å². The number of nitrogens with zero attached hydrogens (tertiary/aromatic N) is 1. The topological polar surface area (TPSA) is 87.9 Å². The van der Waals surface area contributed by atoms with Crippen LogP contribution in [0.25, 0.3) is 0 Å². The van der Waals surface area contributed by atoms with E-state index in [1.807, 2.05) is 0 Å². The van der Waals surface area contributed by atoms with Crippen LogP contribution in [0, 0.1) is 16.0 Å². The maximum absolute atomic E-state index is 11.7. The Hall–Kier alpha value is -2.31. The minimum atomic E-state index is -0.699. The van der Waals surface area contributed by atoms with Gasteiger partial charge >= 0.3 is 5.97 Å². The van der Waals surface area contributed by atoms with Gasteiger partial charge in [0.2, 0.25) is 0 Å². The highest BCUT2D eigenvalue weighted by molar-refractivity contribution is 5.76. The number of non-ortho nitro benzene ring substituents is 1. The van der Waals surface area contributed by atoms with Crippen LogP contribution in [0.3, 0.4) is 0 Å². The molecular formula is C13H15NO6. The quantitative estimate of drug-likeness (QED) is 0.450. The number of rotatable bonds is 6. The molecule has 0 radical (unpaired) electrons. The van der Waals surface area contributed by atoms with Crippen LogP contribution in [0.1, 0.15) is 12.8 Å². The van der Waals surface area contributed by atoms with Crippen LogP contribution < -0.4 is 9.47 Å². The number of carbonyl (C=O) groups excluding carboxylic acids is 1. The van der Waals surface area contributed by atoms with Gasteiger partial charge in [0, 0.05) is 12.0 Å². The lowest BCUT2D eigenvalue weighted by Gasteiger charge is -2.17. The Morgan fingerprint density at radius 3 is 2.55 bits per heavy atom. The van der Waals surface area contributed by atoms with Gasteiger partial charge in [-0.1, -0.05) is 0 Å². The molecule has 1 unspecified atom stereocenters. The number of hydrogen-bond donors (Lipinski definition) is 0. The Kier molecular flexibility index (Phi) is 4.07. The number of esters is 1. The van der Waals surface area contributed by atoms with Gasteiger partial charge in [-0.2, -0.15) is 0 Å². The average Bonchev–Trinajstić information content (AvgIpc) is 3.28.